The van der Waals surface area contributed by atoms with Gasteiger partial charge in [0.25, 0.3) is 5.91 Å². The summed E-state index contributed by atoms with van der Waals surface area (Å²) in [5.41, 5.74) is 3.13. The summed E-state index contributed by atoms with van der Waals surface area (Å²) in [7, 11) is 1.49. The van der Waals surface area contributed by atoms with Gasteiger partial charge in [0.15, 0.2) is 6.79 Å². The number of rotatable bonds is 7. The highest BCUT2D eigenvalue weighted by molar-refractivity contribution is 6.23. The van der Waals surface area contributed by atoms with Crippen LogP contribution in [-0.2, 0) is 14.4 Å². The van der Waals surface area contributed by atoms with E-state index in [2.05, 4.69) is 6.58 Å². The molecule has 1 aromatic rings. The molecule has 0 spiro atoms. The molecule has 0 saturated heterocycles. The van der Waals surface area contributed by atoms with Crippen LogP contribution in [0.15, 0.2) is 30.5 Å². The zero-order valence-electron chi connectivity index (χ0n) is 15.7. The SMILES string of the molecule is C=CCCC1(C)C(O)=C(c2c(C)cc(C)cc2C)C(=O)N1OCOC. The Morgan fingerprint density at radius 1 is 1.28 bits per heavy atom. The maximum absolute atomic E-state index is 13.1. The lowest BCUT2D eigenvalue weighted by Crippen LogP contribution is -2.46. The molecule has 1 N–H and O–H groups in total. The van der Waals surface area contributed by atoms with Crippen LogP contribution in [0.1, 0.15) is 42.0 Å². The van der Waals surface area contributed by atoms with Gasteiger partial charge in [-0.25, -0.2) is 9.90 Å². The van der Waals surface area contributed by atoms with Gasteiger partial charge in [0, 0.05) is 7.11 Å². The number of aryl methyl sites for hydroxylation is 3. The fourth-order valence-electron chi connectivity index (χ4n) is 3.50. The number of amides is 1. The van der Waals surface area contributed by atoms with Crippen molar-refractivity contribution < 1.29 is 19.5 Å². The minimum absolute atomic E-state index is 0.0329. The maximum atomic E-state index is 13.1. The molecule has 1 atom stereocenters. The number of carbonyl (C=O) groups excluding carboxylic acids is 1. The van der Waals surface area contributed by atoms with Crippen molar-refractivity contribution >= 4 is 11.5 Å². The van der Waals surface area contributed by atoms with Crippen molar-refractivity contribution in [2.24, 2.45) is 0 Å². The maximum Gasteiger partial charge on any atom is 0.282 e. The predicted molar refractivity (Wildman–Crippen MR) is 97.8 cm³/mol. The average molecular weight is 345 g/mol. The largest absolute Gasteiger partial charge is 0.509 e. The van der Waals surface area contributed by atoms with Gasteiger partial charge in [-0.2, -0.15) is 0 Å². The minimum atomic E-state index is -0.955. The van der Waals surface area contributed by atoms with Crippen LogP contribution >= 0.6 is 0 Å². The number of aliphatic hydroxyl groups excluding tert-OH is 1. The van der Waals surface area contributed by atoms with Gasteiger partial charge in [-0.3, -0.25) is 4.79 Å². The van der Waals surface area contributed by atoms with Gasteiger partial charge < -0.3 is 9.84 Å². The van der Waals surface area contributed by atoms with Crippen molar-refractivity contribution in [3.63, 3.8) is 0 Å². The Morgan fingerprint density at radius 3 is 2.40 bits per heavy atom. The van der Waals surface area contributed by atoms with E-state index < -0.39 is 5.54 Å². The molecule has 5 nitrogen and oxygen atoms in total. The van der Waals surface area contributed by atoms with E-state index in [1.165, 1.54) is 12.2 Å². The van der Waals surface area contributed by atoms with Crippen molar-refractivity contribution in [2.75, 3.05) is 13.9 Å². The van der Waals surface area contributed by atoms with Gasteiger partial charge in [-0.1, -0.05) is 23.8 Å². The average Bonchev–Trinajstić information content (AvgIpc) is 2.72. The summed E-state index contributed by atoms with van der Waals surface area (Å²) in [6.07, 6.45) is 2.91. The molecule has 0 saturated carbocycles. The zero-order valence-corrected chi connectivity index (χ0v) is 15.7. The molecule has 5 heteroatoms. The third kappa shape index (κ3) is 3.34. The summed E-state index contributed by atoms with van der Waals surface area (Å²) in [5.74, 6) is -0.318. The number of hydroxylamine groups is 2. The number of benzene rings is 1. The van der Waals surface area contributed by atoms with Crippen LogP contribution in [0.3, 0.4) is 0 Å². The van der Waals surface area contributed by atoms with Crippen molar-refractivity contribution in [1.82, 2.24) is 5.06 Å². The number of nitrogens with zero attached hydrogens (tertiary/aromatic N) is 1. The molecule has 136 valence electrons. The number of hydrogen-bond acceptors (Lipinski definition) is 4. The lowest BCUT2D eigenvalue weighted by molar-refractivity contribution is -0.242. The zero-order chi connectivity index (χ0) is 18.8. The molecular weight excluding hydrogens is 318 g/mol. The molecule has 1 amide bonds. The first-order valence-electron chi connectivity index (χ1n) is 8.37. The van der Waals surface area contributed by atoms with E-state index in [0.717, 1.165) is 22.3 Å². The summed E-state index contributed by atoms with van der Waals surface area (Å²) in [6.45, 7) is 11.4. The van der Waals surface area contributed by atoms with Crippen molar-refractivity contribution in [3.8, 4) is 0 Å². The molecule has 0 fully saturated rings. The predicted octanol–water partition coefficient (Wildman–Crippen LogP) is 3.98. The first-order valence-corrected chi connectivity index (χ1v) is 8.37. The summed E-state index contributed by atoms with van der Waals surface area (Å²) in [5, 5.41) is 12.2. The molecule has 1 aromatic carbocycles. The third-order valence-corrected chi connectivity index (χ3v) is 4.66. The van der Waals surface area contributed by atoms with Crippen molar-refractivity contribution in [1.29, 1.82) is 0 Å². The highest BCUT2D eigenvalue weighted by Gasteiger charge is 2.50. The number of carbonyl (C=O) groups is 1. The molecular formula is C20H27NO4. The van der Waals surface area contributed by atoms with Gasteiger partial charge >= 0.3 is 0 Å². The molecule has 0 aliphatic carbocycles. The van der Waals surface area contributed by atoms with E-state index in [9.17, 15) is 9.90 Å². The summed E-state index contributed by atoms with van der Waals surface area (Å²) >= 11 is 0. The summed E-state index contributed by atoms with van der Waals surface area (Å²) in [6, 6.07) is 4.02. The Balaban J connectivity index is 2.60. The second-order valence-electron chi connectivity index (χ2n) is 6.73. The number of allylic oxidation sites excluding steroid dienone is 1. The van der Waals surface area contributed by atoms with E-state index in [1.54, 1.807) is 13.0 Å². The molecule has 1 aliphatic heterocycles. The number of hydrogen-bond donors (Lipinski definition) is 1. The van der Waals surface area contributed by atoms with Crippen molar-refractivity contribution in [3.05, 3.63) is 52.8 Å². The Kier molecular flexibility index (Phi) is 5.70. The first-order chi connectivity index (χ1) is 11.8. The van der Waals surface area contributed by atoms with E-state index in [1.807, 2.05) is 32.9 Å². The van der Waals surface area contributed by atoms with Gasteiger partial charge in [0.2, 0.25) is 0 Å². The van der Waals surface area contributed by atoms with Crippen LogP contribution in [0, 0.1) is 20.8 Å². The Morgan fingerprint density at radius 2 is 1.88 bits per heavy atom. The molecule has 1 heterocycles. The van der Waals surface area contributed by atoms with E-state index in [4.69, 9.17) is 9.57 Å². The highest BCUT2D eigenvalue weighted by Crippen LogP contribution is 2.43. The number of aliphatic hydroxyl groups is 1. The fourth-order valence-corrected chi connectivity index (χ4v) is 3.50. The van der Waals surface area contributed by atoms with Crippen LogP contribution in [0.2, 0.25) is 0 Å². The lowest BCUT2D eigenvalue weighted by Gasteiger charge is -2.33. The quantitative estimate of drug-likeness (QED) is 0.600. The summed E-state index contributed by atoms with van der Waals surface area (Å²) < 4.78 is 4.95. The third-order valence-electron chi connectivity index (χ3n) is 4.66. The van der Waals surface area contributed by atoms with E-state index in [0.29, 0.717) is 18.4 Å². The van der Waals surface area contributed by atoms with Gasteiger partial charge in [0.05, 0.1) is 5.57 Å². The van der Waals surface area contributed by atoms with E-state index >= 15 is 0 Å². The smallest absolute Gasteiger partial charge is 0.282 e. The Hall–Kier alpha value is -2.11. The van der Waals surface area contributed by atoms with Gasteiger partial charge in [-0.05, 0) is 57.2 Å². The fraction of sp³-hybridized carbons (Fsp3) is 0.450. The second kappa shape index (κ2) is 7.42. The monoisotopic (exact) mass is 345 g/mol. The molecule has 0 bridgehead atoms. The van der Waals surface area contributed by atoms with Crippen molar-refractivity contribution in [2.45, 2.75) is 46.1 Å². The number of ether oxygens (including phenoxy) is 1. The van der Waals surface area contributed by atoms with Crippen LogP contribution in [-0.4, -0.2) is 35.5 Å². The normalized spacial score (nSPS) is 20.5. The Bertz CT molecular complexity index is 699. The Labute approximate surface area is 149 Å². The molecule has 1 aliphatic rings. The molecule has 0 radical (unpaired) electrons. The molecule has 1 unspecified atom stereocenters. The van der Waals surface area contributed by atoms with E-state index in [-0.39, 0.29) is 18.5 Å². The molecule has 0 aromatic heterocycles. The number of methoxy groups -OCH3 is 1. The summed E-state index contributed by atoms with van der Waals surface area (Å²) in [4.78, 5) is 18.6. The lowest BCUT2D eigenvalue weighted by atomic mass is 9.89. The topological polar surface area (TPSA) is 59.0 Å². The van der Waals surface area contributed by atoms with Gasteiger partial charge in [-0.15, -0.1) is 6.58 Å². The van der Waals surface area contributed by atoms with Crippen LogP contribution in [0.5, 0.6) is 0 Å². The van der Waals surface area contributed by atoms with Crippen LogP contribution in [0.4, 0.5) is 0 Å². The standard InChI is InChI=1S/C20H27NO4/c1-7-8-9-20(5)18(22)17(19(23)21(20)25-12-24-6)16-14(3)10-13(2)11-15(16)4/h7,10-11,22H,1,8-9,12H2,2-6H3. The molecule has 2 rings (SSSR count). The molecule has 25 heavy (non-hydrogen) atoms. The highest BCUT2D eigenvalue weighted by atomic mass is 16.8. The second-order valence-corrected chi connectivity index (χ2v) is 6.73. The minimum Gasteiger partial charge on any atom is -0.509 e. The van der Waals surface area contributed by atoms with Gasteiger partial charge in [0.1, 0.15) is 11.3 Å². The van der Waals surface area contributed by atoms with Crippen LogP contribution < -0.4 is 0 Å². The first kappa shape index (κ1) is 19.2. The van der Waals surface area contributed by atoms with Crippen LogP contribution in [0.25, 0.3) is 5.57 Å².